The monoisotopic (exact) mass is 334 g/mol. The van der Waals surface area contributed by atoms with Crippen molar-refractivity contribution in [3.63, 3.8) is 0 Å². The number of rotatable bonds is 7. The number of halogens is 1. The van der Waals surface area contributed by atoms with Gasteiger partial charge in [0.15, 0.2) is 11.5 Å². The lowest BCUT2D eigenvalue weighted by molar-refractivity contribution is 0.0696. The average molecular weight is 335 g/mol. The predicted molar refractivity (Wildman–Crippen MR) is 76.1 cm³/mol. The van der Waals surface area contributed by atoms with Gasteiger partial charge in [0.1, 0.15) is 0 Å². The fourth-order valence-corrected chi connectivity index (χ4v) is 2.32. The molecule has 1 rings (SSSR count). The van der Waals surface area contributed by atoms with Crippen LogP contribution in [0.3, 0.4) is 0 Å². The number of methoxy groups -OCH3 is 1. The van der Waals surface area contributed by atoms with Gasteiger partial charge in [0, 0.05) is 0 Å². The van der Waals surface area contributed by atoms with E-state index >= 15 is 0 Å². The standard InChI is InChI=1S/C12H15BrO4S/c1-16-10-7-8(12(14)15)6-9(13)11(10)17-4-3-5-18-2/h6-7H,3-5H2,1-2H3,(H,14,15). The van der Waals surface area contributed by atoms with Crippen LogP contribution in [0.5, 0.6) is 11.5 Å². The molecule has 1 aromatic carbocycles. The van der Waals surface area contributed by atoms with E-state index in [1.54, 1.807) is 11.8 Å². The van der Waals surface area contributed by atoms with E-state index in [0.29, 0.717) is 22.6 Å². The Labute approximate surface area is 119 Å². The van der Waals surface area contributed by atoms with Gasteiger partial charge in [-0.25, -0.2) is 4.79 Å². The first kappa shape index (κ1) is 15.2. The van der Waals surface area contributed by atoms with Crippen LogP contribution in [0.1, 0.15) is 16.8 Å². The van der Waals surface area contributed by atoms with E-state index in [0.717, 1.165) is 12.2 Å². The molecule has 18 heavy (non-hydrogen) atoms. The van der Waals surface area contributed by atoms with Gasteiger partial charge in [0.25, 0.3) is 0 Å². The Morgan fingerprint density at radius 3 is 2.78 bits per heavy atom. The molecule has 0 amide bonds. The Balaban J connectivity index is 2.86. The maximum Gasteiger partial charge on any atom is 0.335 e. The third-order valence-corrected chi connectivity index (χ3v) is 3.50. The fourth-order valence-electron chi connectivity index (χ4n) is 1.36. The highest BCUT2D eigenvalue weighted by molar-refractivity contribution is 9.10. The number of carbonyl (C=O) groups is 1. The lowest BCUT2D eigenvalue weighted by Crippen LogP contribution is -2.03. The summed E-state index contributed by atoms with van der Waals surface area (Å²) in [5.41, 5.74) is 0.162. The Hall–Kier alpha value is -0.880. The van der Waals surface area contributed by atoms with Crippen LogP contribution >= 0.6 is 27.7 Å². The third kappa shape index (κ3) is 4.10. The first-order chi connectivity index (χ1) is 8.60. The minimum atomic E-state index is -0.997. The Morgan fingerprint density at radius 1 is 1.50 bits per heavy atom. The molecule has 0 atom stereocenters. The van der Waals surface area contributed by atoms with E-state index < -0.39 is 5.97 Å². The first-order valence-corrected chi connectivity index (χ1v) is 7.51. The zero-order valence-corrected chi connectivity index (χ0v) is 12.6. The molecule has 0 aliphatic rings. The summed E-state index contributed by atoms with van der Waals surface area (Å²) in [6.07, 6.45) is 2.97. The second kappa shape index (κ2) is 7.53. The number of hydrogen-bond acceptors (Lipinski definition) is 4. The summed E-state index contributed by atoms with van der Waals surface area (Å²) in [6, 6.07) is 2.96. The van der Waals surface area contributed by atoms with Gasteiger partial charge in [-0.05, 0) is 46.5 Å². The molecule has 0 saturated carbocycles. The zero-order chi connectivity index (χ0) is 13.5. The van der Waals surface area contributed by atoms with Crippen molar-refractivity contribution in [2.45, 2.75) is 6.42 Å². The van der Waals surface area contributed by atoms with Crippen molar-refractivity contribution in [1.29, 1.82) is 0 Å². The fraction of sp³-hybridized carbons (Fsp3) is 0.417. The van der Waals surface area contributed by atoms with Crippen LogP contribution in [-0.4, -0.2) is 36.8 Å². The summed E-state index contributed by atoms with van der Waals surface area (Å²) in [5.74, 6) is 0.991. The average Bonchev–Trinajstić information content (AvgIpc) is 2.35. The van der Waals surface area contributed by atoms with Crippen molar-refractivity contribution < 1.29 is 19.4 Å². The molecular formula is C12H15BrO4S. The highest BCUT2D eigenvalue weighted by atomic mass is 79.9. The lowest BCUT2D eigenvalue weighted by Gasteiger charge is -2.13. The molecule has 0 bridgehead atoms. The molecule has 0 radical (unpaired) electrons. The Bertz CT molecular complexity index is 423. The highest BCUT2D eigenvalue weighted by Gasteiger charge is 2.14. The highest BCUT2D eigenvalue weighted by Crippen LogP contribution is 2.36. The number of hydrogen-bond donors (Lipinski definition) is 1. The molecule has 0 aliphatic heterocycles. The van der Waals surface area contributed by atoms with Crippen LogP contribution in [-0.2, 0) is 0 Å². The van der Waals surface area contributed by atoms with Crippen molar-refractivity contribution >= 4 is 33.7 Å². The van der Waals surface area contributed by atoms with Gasteiger partial charge >= 0.3 is 5.97 Å². The van der Waals surface area contributed by atoms with E-state index in [1.807, 2.05) is 6.26 Å². The van der Waals surface area contributed by atoms with Crippen molar-refractivity contribution in [3.8, 4) is 11.5 Å². The normalized spacial score (nSPS) is 10.2. The van der Waals surface area contributed by atoms with Crippen LogP contribution in [0.15, 0.2) is 16.6 Å². The predicted octanol–water partition coefficient (Wildman–Crippen LogP) is 3.29. The van der Waals surface area contributed by atoms with Crippen molar-refractivity contribution in [2.24, 2.45) is 0 Å². The molecule has 1 N–H and O–H groups in total. The molecule has 0 fully saturated rings. The first-order valence-electron chi connectivity index (χ1n) is 5.32. The largest absolute Gasteiger partial charge is 0.493 e. The second-order valence-electron chi connectivity index (χ2n) is 3.49. The maximum atomic E-state index is 10.9. The minimum absolute atomic E-state index is 0.162. The molecule has 0 aliphatic carbocycles. The Morgan fingerprint density at radius 2 is 2.22 bits per heavy atom. The summed E-state index contributed by atoms with van der Waals surface area (Å²) in [7, 11) is 1.49. The summed E-state index contributed by atoms with van der Waals surface area (Å²) < 4.78 is 11.4. The second-order valence-corrected chi connectivity index (χ2v) is 5.33. The van der Waals surface area contributed by atoms with Crippen LogP contribution in [0.4, 0.5) is 0 Å². The minimum Gasteiger partial charge on any atom is -0.493 e. The number of carboxylic acids is 1. The molecule has 4 nitrogen and oxygen atoms in total. The van der Waals surface area contributed by atoms with Crippen LogP contribution in [0.2, 0.25) is 0 Å². The zero-order valence-electron chi connectivity index (χ0n) is 10.2. The smallest absolute Gasteiger partial charge is 0.335 e. The van der Waals surface area contributed by atoms with Gasteiger partial charge in [-0.3, -0.25) is 0 Å². The van der Waals surface area contributed by atoms with Crippen LogP contribution < -0.4 is 9.47 Å². The number of ether oxygens (including phenoxy) is 2. The van der Waals surface area contributed by atoms with Gasteiger partial charge in [0.05, 0.1) is 23.8 Å². The number of aromatic carboxylic acids is 1. The summed E-state index contributed by atoms with van der Waals surface area (Å²) in [5, 5.41) is 8.95. The Kier molecular flexibility index (Phi) is 6.35. The molecule has 0 unspecified atom stereocenters. The number of thioether (sulfide) groups is 1. The maximum absolute atomic E-state index is 10.9. The molecular weight excluding hydrogens is 320 g/mol. The molecule has 1 aromatic rings. The molecule has 0 heterocycles. The van der Waals surface area contributed by atoms with E-state index in [4.69, 9.17) is 14.6 Å². The molecule has 0 saturated heterocycles. The number of benzene rings is 1. The van der Waals surface area contributed by atoms with Crippen LogP contribution in [0.25, 0.3) is 0 Å². The van der Waals surface area contributed by atoms with Gasteiger partial charge in [-0.2, -0.15) is 11.8 Å². The van der Waals surface area contributed by atoms with E-state index in [9.17, 15) is 4.79 Å². The van der Waals surface area contributed by atoms with Gasteiger partial charge in [-0.1, -0.05) is 0 Å². The molecule has 100 valence electrons. The molecule has 0 aromatic heterocycles. The van der Waals surface area contributed by atoms with Crippen LogP contribution in [0, 0.1) is 0 Å². The summed E-state index contributed by atoms with van der Waals surface area (Å²) in [6.45, 7) is 0.572. The third-order valence-electron chi connectivity index (χ3n) is 2.22. The van der Waals surface area contributed by atoms with E-state index in [2.05, 4.69) is 15.9 Å². The van der Waals surface area contributed by atoms with Crippen molar-refractivity contribution in [3.05, 3.63) is 22.2 Å². The topological polar surface area (TPSA) is 55.8 Å². The van der Waals surface area contributed by atoms with Gasteiger partial charge in [-0.15, -0.1) is 0 Å². The molecule has 0 spiro atoms. The van der Waals surface area contributed by atoms with E-state index in [1.165, 1.54) is 19.2 Å². The summed E-state index contributed by atoms with van der Waals surface area (Å²) in [4.78, 5) is 10.9. The quantitative estimate of drug-likeness (QED) is 0.775. The van der Waals surface area contributed by atoms with Gasteiger partial charge in [0.2, 0.25) is 0 Å². The van der Waals surface area contributed by atoms with Gasteiger partial charge < -0.3 is 14.6 Å². The molecule has 6 heteroatoms. The van der Waals surface area contributed by atoms with Crippen molar-refractivity contribution in [1.82, 2.24) is 0 Å². The number of carboxylic acid groups (broad SMARTS) is 1. The lowest BCUT2D eigenvalue weighted by atomic mass is 10.2. The van der Waals surface area contributed by atoms with E-state index in [-0.39, 0.29) is 5.56 Å². The SMILES string of the molecule is COc1cc(C(=O)O)cc(Br)c1OCCCSC. The summed E-state index contributed by atoms with van der Waals surface area (Å²) >= 11 is 5.06. The van der Waals surface area contributed by atoms with Crippen molar-refractivity contribution in [2.75, 3.05) is 25.7 Å².